The topological polar surface area (TPSA) is 141 Å². The maximum absolute atomic E-state index is 13.4. The lowest BCUT2D eigenvalue weighted by Crippen LogP contribution is -2.45. The number of aromatic nitrogens is 1. The minimum Gasteiger partial charge on any atom is -0.497 e. The van der Waals surface area contributed by atoms with E-state index in [0.717, 1.165) is 5.56 Å². The fraction of sp³-hybridized carbons (Fsp3) is 0.333. The van der Waals surface area contributed by atoms with Crippen LogP contribution in [-0.4, -0.2) is 73.7 Å². The Hall–Kier alpha value is -4.74. The Morgan fingerprint density at radius 1 is 1.08 bits per heavy atom. The molecule has 204 valence electrons. The Morgan fingerprint density at radius 3 is 2.67 bits per heavy atom. The average molecular weight is 537 g/mol. The molecule has 0 spiro atoms. The number of carbonyl (C=O) groups is 3. The normalized spacial score (nSPS) is 19.2. The molecule has 2 N–H and O–H groups in total. The van der Waals surface area contributed by atoms with Crippen molar-refractivity contribution in [2.45, 2.75) is 25.6 Å². The molecule has 3 aliphatic rings. The summed E-state index contributed by atoms with van der Waals surface area (Å²) in [5.41, 5.74) is 1.47. The fourth-order valence-corrected chi connectivity index (χ4v) is 4.52. The first-order valence-corrected chi connectivity index (χ1v) is 12.3. The van der Waals surface area contributed by atoms with Crippen LogP contribution in [-0.2, 0) is 11.3 Å². The number of hydrogen-bond acceptors (Lipinski definition) is 9. The lowest BCUT2D eigenvalue weighted by Gasteiger charge is -2.22. The number of amides is 3. The largest absolute Gasteiger partial charge is 0.497 e. The van der Waals surface area contributed by atoms with Crippen LogP contribution in [0.4, 0.5) is 0 Å². The molecule has 2 atom stereocenters. The monoisotopic (exact) mass is 536 g/mol. The van der Waals surface area contributed by atoms with Crippen molar-refractivity contribution in [3.63, 3.8) is 0 Å². The molecule has 1 aromatic heterocycles. The highest BCUT2D eigenvalue weighted by Crippen LogP contribution is 2.29. The van der Waals surface area contributed by atoms with E-state index in [9.17, 15) is 14.4 Å². The van der Waals surface area contributed by atoms with E-state index < -0.39 is 18.1 Å². The van der Waals surface area contributed by atoms with Gasteiger partial charge in [0, 0.05) is 36.3 Å². The van der Waals surface area contributed by atoms with Crippen LogP contribution in [0.1, 0.15) is 32.2 Å². The Bertz CT molecular complexity index is 1400. The molecule has 1 saturated heterocycles. The smallest absolute Gasteiger partial charge is 0.291 e. The van der Waals surface area contributed by atoms with Crippen molar-refractivity contribution < 1.29 is 37.7 Å². The zero-order chi connectivity index (χ0) is 27.5. The Kier molecular flexibility index (Phi) is 7.26. The molecular formula is C27H28N4O8. The van der Waals surface area contributed by atoms with Gasteiger partial charge in [-0.25, -0.2) is 4.98 Å². The number of oxazole rings is 1. The standard InChI is InChI=1S/C27H28N4O8/c1-15-25(38-14-29-15)27(34)31-11-21-23(12-31)39-18-5-4-16(22(9-18)36-3)10-28-24(32)13-37-20-7-17(26(33)30-21)6-19(8-20)35-2/h4-9,14,21,23H,10-13H2,1-3H3,(H,28,32)(H,30,33)/t21-,23-/m0/s1. The van der Waals surface area contributed by atoms with Gasteiger partial charge in [0.1, 0.15) is 29.1 Å². The predicted octanol–water partition coefficient (Wildman–Crippen LogP) is 1.71. The van der Waals surface area contributed by atoms with Crippen molar-refractivity contribution in [2.24, 2.45) is 0 Å². The third-order valence-electron chi connectivity index (χ3n) is 6.58. The number of methoxy groups -OCH3 is 2. The summed E-state index contributed by atoms with van der Waals surface area (Å²) >= 11 is 0. The number of ether oxygens (including phenoxy) is 4. The molecule has 4 heterocycles. The van der Waals surface area contributed by atoms with E-state index in [2.05, 4.69) is 15.6 Å². The first-order chi connectivity index (χ1) is 18.8. The van der Waals surface area contributed by atoms with Crippen LogP contribution in [0.5, 0.6) is 23.0 Å². The first-order valence-electron chi connectivity index (χ1n) is 12.3. The maximum Gasteiger partial charge on any atom is 0.291 e. The Morgan fingerprint density at radius 2 is 1.92 bits per heavy atom. The molecule has 6 rings (SSSR count). The molecule has 0 saturated carbocycles. The third kappa shape index (κ3) is 5.59. The summed E-state index contributed by atoms with van der Waals surface area (Å²) in [6.45, 7) is 2.00. The van der Waals surface area contributed by atoms with E-state index in [1.54, 1.807) is 42.2 Å². The lowest BCUT2D eigenvalue weighted by atomic mass is 10.1. The Labute approximate surface area is 224 Å². The van der Waals surface area contributed by atoms with Gasteiger partial charge in [-0.2, -0.15) is 0 Å². The highest BCUT2D eigenvalue weighted by molar-refractivity contribution is 5.96. The summed E-state index contributed by atoms with van der Waals surface area (Å²) in [6.07, 6.45) is 0.632. The highest BCUT2D eigenvalue weighted by atomic mass is 16.5. The van der Waals surface area contributed by atoms with E-state index >= 15 is 0 Å². The van der Waals surface area contributed by atoms with Gasteiger partial charge in [-0.05, 0) is 31.2 Å². The summed E-state index contributed by atoms with van der Waals surface area (Å²) < 4.78 is 28.1. The molecule has 3 amide bonds. The summed E-state index contributed by atoms with van der Waals surface area (Å²) in [6, 6.07) is 9.33. The van der Waals surface area contributed by atoms with E-state index in [0.29, 0.717) is 22.9 Å². The number of fused-ring (bicyclic) bond motifs is 7. The van der Waals surface area contributed by atoms with E-state index in [4.69, 9.17) is 23.4 Å². The number of benzene rings is 2. The summed E-state index contributed by atoms with van der Waals surface area (Å²) in [5, 5.41) is 5.77. The predicted molar refractivity (Wildman–Crippen MR) is 136 cm³/mol. The van der Waals surface area contributed by atoms with Gasteiger partial charge in [0.05, 0.1) is 32.5 Å². The van der Waals surface area contributed by atoms with Gasteiger partial charge in [-0.3, -0.25) is 14.4 Å². The average Bonchev–Trinajstić information content (AvgIpc) is 3.55. The van der Waals surface area contributed by atoms with Crippen molar-refractivity contribution in [2.75, 3.05) is 33.9 Å². The quantitative estimate of drug-likeness (QED) is 0.512. The van der Waals surface area contributed by atoms with Crippen molar-refractivity contribution >= 4 is 17.7 Å². The maximum atomic E-state index is 13.4. The number of carbonyl (C=O) groups excluding carboxylic acids is 3. The van der Waals surface area contributed by atoms with E-state index in [-0.39, 0.29) is 55.1 Å². The van der Waals surface area contributed by atoms with Crippen molar-refractivity contribution in [1.29, 1.82) is 0 Å². The SMILES string of the molecule is COc1cc2cc(c1)C(=O)N[C@H]1CN(C(=O)c3ocnc3C)C[C@@H]1Oc1ccc(c(OC)c1)CNC(=O)CO2. The van der Waals surface area contributed by atoms with Crippen molar-refractivity contribution in [1.82, 2.24) is 20.5 Å². The van der Waals surface area contributed by atoms with Gasteiger partial charge in [0.15, 0.2) is 13.0 Å². The molecule has 12 nitrogen and oxygen atoms in total. The number of likely N-dealkylation sites (tertiary alicyclic amines) is 1. The van der Waals surface area contributed by atoms with E-state index in [1.165, 1.54) is 26.7 Å². The van der Waals surface area contributed by atoms with Crippen molar-refractivity contribution in [3.05, 3.63) is 65.4 Å². The minimum atomic E-state index is -0.589. The molecule has 0 aliphatic carbocycles. The van der Waals surface area contributed by atoms with Crippen LogP contribution in [0.3, 0.4) is 0 Å². The van der Waals surface area contributed by atoms with Gasteiger partial charge >= 0.3 is 0 Å². The summed E-state index contributed by atoms with van der Waals surface area (Å²) in [5.74, 6) is 0.676. The van der Waals surface area contributed by atoms with Crippen LogP contribution >= 0.6 is 0 Å². The number of aryl methyl sites for hydroxylation is 1. The molecule has 0 unspecified atom stereocenters. The van der Waals surface area contributed by atoms with Gasteiger partial charge in [-0.1, -0.05) is 0 Å². The van der Waals surface area contributed by atoms with Gasteiger partial charge in [0.25, 0.3) is 17.7 Å². The van der Waals surface area contributed by atoms with Gasteiger partial charge in [0.2, 0.25) is 5.76 Å². The zero-order valence-corrected chi connectivity index (χ0v) is 21.7. The lowest BCUT2D eigenvalue weighted by molar-refractivity contribution is -0.123. The van der Waals surface area contributed by atoms with Gasteiger partial charge in [-0.15, -0.1) is 0 Å². The minimum absolute atomic E-state index is 0.137. The second-order valence-corrected chi connectivity index (χ2v) is 9.15. The molecule has 0 radical (unpaired) electrons. The summed E-state index contributed by atoms with van der Waals surface area (Å²) in [7, 11) is 2.99. The molecule has 2 aromatic carbocycles. The van der Waals surface area contributed by atoms with Crippen molar-refractivity contribution in [3.8, 4) is 23.0 Å². The Balaban J connectivity index is 1.49. The second kappa shape index (κ2) is 10.9. The van der Waals surface area contributed by atoms with E-state index in [1.807, 2.05) is 0 Å². The third-order valence-corrected chi connectivity index (χ3v) is 6.58. The molecule has 1 fully saturated rings. The molecule has 4 bridgehead atoms. The fourth-order valence-electron chi connectivity index (χ4n) is 4.52. The van der Waals surface area contributed by atoms with Crippen LogP contribution in [0.2, 0.25) is 0 Å². The molecule has 3 aliphatic heterocycles. The van der Waals surface area contributed by atoms with Crippen LogP contribution in [0.25, 0.3) is 0 Å². The number of nitrogens with one attached hydrogen (secondary N) is 2. The van der Waals surface area contributed by atoms with Crippen LogP contribution in [0.15, 0.2) is 47.2 Å². The number of nitrogens with zero attached hydrogens (tertiary/aromatic N) is 2. The zero-order valence-electron chi connectivity index (χ0n) is 21.7. The summed E-state index contributed by atoms with van der Waals surface area (Å²) in [4.78, 5) is 44.5. The molecular weight excluding hydrogens is 508 g/mol. The van der Waals surface area contributed by atoms with Gasteiger partial charge < -0.3 is 38.9 Å². The number of hydrogen-bond donors (Lipinski definition) is 2. The molecule has 3 aromatic rings. The highest BCUT2D eigenvalue weighted by Gasteiger charge is 2.39. The molecule has 12 heteroatoms. The molecule has 39 heavy (non-hydrogen) atoms. The second-order valence-electron chi connectivity index (χ2n) is 9.15. The van der Waals surface area contributed by atoms with Crippen LogP contribution in [0, 0.1) is 6.92 Å². The van der Waals surface area contributed by atoms with Crippen LogP contribution < -0.4 is 29.6 Å². The first kappa shape index (κ1) is 25.9. The number of rotatable bonds is 3.